The number of carbonyl (C=O) groups is 1. The Balaban J connectivity index is 1.90. The Labute approximate surface area is 124 Å². The second kappa shape index (κ2) is 5.84. The zero-order valence-corrected chi connectivity index (χ0v) is 11.8. The average Bonchev–Trinajstić information content (AvgIpc) is 3.15. The molecule has 21 heavy (non-hydrogen) atoms. The topological polar surface area (TPSA) is 80.9 Å². The summed E-state index contributed by atoms with van der Waals surface area (Å²) < 4.78 is 1.65. The van der Waals surface area contributed by atoms with Crippen LogP contribution >= 0.6 is 11.3 Å². The van der Waals surface area contributed by atoms with Crippen molar-refractivity contribution in [3.05, 3.63) is 53.3 Å². The summed E-state index contributed by atoms with van der Waals surface area (Å²) in [6, 6.07) is 7.62. The molecule has 0 aromatic carbocycles. The number of rotatable bonds is 5. The predicted molar refractivity (Wildman–Crippen MR) is 78.2 cm³/mol. The number of aromatic nitrogens is 4. The molecule has 6 nitrogen and oxygen atoms in total. The van der Waals surface area contributed by atoms with Crippen LogP contribution in [0.15, 0.2) is 42.0 Å². The highest BCUT2D eigenvalue weighted by Crippen LogP contribution is 2.27. The van der Waals surface area contributed by atoms with E-state index in [9.17, 15) is 9.90 Å². The van der Waals surface area contributed by atoms with Crippen molar-refractivity contribution in [2.24, 2.45) is 0 Å². The van der Waals surface area contributed by atoms with Crippen LogP contribution in [0.2, 0.25) is 0 Å². The zero-order chi connectivity index (χ0) is 14.7. The van der Waals surface area contributed by atoms with Crippen molar-refractivity contribution in [3.8, 4) is 10.6 Å². The van der Waals surface area contributed by atoms with Gasteiger partial charge in [-0.05, 0) is 35.6 Å². The van der Waals surface area contributed by atoms with E-state index in [0.29, 0.717) is 12.2 Å². The van der Waals surface area contributed by atoms with Gasteiger partial charge < -0.3 is 5.11 Å². The SMILES string of the molecule is O=C(O)c1nnn(CCc2ccncc2)c1-c1cccs1. The fourth-order valence-corrected chi connectivity index (χ4v) is 2.83. The number of pyridine rings is 1. The van der Waals surface area contributed by atoms with E-state index in [4.69, 9.17) is 0 Å². The van der Waals surface area contributed by atoms with Gasteiger partial charge in [0.15, 0.2) is 5.69 Å². The molecule has 0 bridgehead atoms. The Morgan fingerprint density at radius 1 is 1.29 bits per heavy atom. The van der Waals surface area contributed by atoms with E-state index in [-0.39, 0.29) is 5.69 Å². The van der Waals surface area contributed by atoms with E-state index < -0.39 is 5.97 Å². The molecular formula is C14H12N4O2S. The number of carboxylic acids is 1. The van der Waals surface area contributed by atoms with Gasteiger partial charge in [0.2, 0.25) is 0 Å². The van der Waals surface area contributed by atoms with Crippen LogP contribution in [0, 0.1) is 0 Å². The van der Waals surface area contributed by atoms with Crippen molar-refractivity contribution < 1.29 is 9.90 Å². The second-order valence-electron chi connectivity index (χ2n) is 4.40. The van der Waals surface area contributed by atoms with Crippen LogP contribution in [-0.4, -0.2) is 31.1 Å². The molecule has 0 spiro atoms. The minimum absolute atomic E-state index is 0.00724. The molecule has 106 valence electrons. The quantitative estimate of drug-likeness (QED) is 0.782. The monoisotopic (exact) mass is 300 g/mol. The van der Waals surface area contributed by atoms with E-state index >= 15 is 0 Å². The Morgan fingerprint density at radius 2 is 2.10 bits per heavy atom. The molecule has 0 amide bonds. The lowest BCUT2D eigenvalue weighted by molar-refractivity contribution is 0.0691. The second-order valence-corrected chi connectivity index (χ2v) is 5.35. The molecule has 0 atom stereocenters. The minimum Gasteiger partial charge on any atom is -0.476 e. The van der Waals surface area contributed by atoms with Gasteiger partial charge in [-0.1, -0.05) is 11.3 Å². The van der Waals surface area contributed by atoms with Gasteiger partial charge in [-0.15, -0.1) is 16.4 Å². The maximum atomic E-state index is 11.3. The van der Waals surface area contributed by atoms with Crippen molar-refractivity contribution in [1.29, 1.82) is 0 Å². The highest BCUT2D eigenvalue weighted by Gasteiger charge is 2.21. The van der Waals surface area contributed by atoms with Gasteiger partial charge in [-0.25, -0.2) is 9.48 Å². The Kier molecular flexibility index (Phi) is 3.74. The Hall–Kier alpha value is -2.54. The molecule has 0 saturated carbocycles. The van der Waals surface area contributed by atoms with E-state index in [2.05, 4.69) is 15.3 Å². The zero-order valence-electron chi connectivity index (χ0n) is 11.0. The summed E-state index contributed by atoms with van der Waals surface area (Å²) >= 11 is 1.47. The van der Waals surface area contributed by atoms with E-state index in [1.165, 1.54) is 11.3 Å². The molecule has 0 saturated heterocycles. The summed E-state index contributed by atoms with van der Waals surface area (Å²) in [5.41, 5.74) is 1.67. The number of thiophene rings is 1. The lowest BCUT2D eigenvalue weighted by atomic mass is 10.2. The van der Waals surface area contributed by atoms with Crippen molar-refractivity contribution >= 4 is 17.3 Å². The molecule has 0 radical (unpaired) electrons. The third-order valence-electron chi connectivity index (χ3n) is 3.05. The summed E-state index contributed by atoms with van der Waals surface area (Å²) in [7, 11) is 0. The number of nitrogens with zero attached hydrogens (tertiary/aromatic N) is 4. The van der Waals surface area contributed by atoms with E-state index in [0.717, 1.165) is 16.9 Å². The van der Waals surface area contributed by atoms with Crippen LogP contribution in [0.5, 0.6) is 0 Å². The summed E-state index contributed by atoms with van der Waals surface area (Å²) in [5, 5.41) is 18.9. The largest absolute Gasteiger partial charge is 0.476 e. The summed E-state index contributed by atoms with van der Waals surface area (Å²) in [6.07, 6.45) is 4.21. The first-order chi connectivity index (χ1) is 10.3. The van der Waals surface area contributed by atoms with Gasteiger partial charge in [-0.2, -0.15) is 0 Å². The molecule has 0 aliphatic carbocycles. The smallest absolute Gasteiger partial charge is 0.358 e. The van der Waals surface area contributed by atoms with E-state index in [1.54, 1.807) is 17.1 Å². The summed E-state index contributed by atoms with van der Waals surface area (Å²) in [6.45, 7) is 0.567. The van der Waals surface area contributed by atoms with Crippen molar-refractivity contribution in [3.63, 3.8) is 0 Å². The molecule has 3 aromatic rings. The summed E-state index contributed by atoms with van der Waals surface area (Å²) in [5.74, 6) is -1.06. The fourth-order valence-electron chi connectivity index (χ4n) is 2.06. The Morgan fingerprint density at radius 3 is 2.76 bits per heavy atom. The van der Waals surface area contributed by atoms with Gasteiger partial charge in [0, 0.05) is 18.9 Å². The first-order valence-electron chi connectivity index (χ1n) is 6.35. The molecule has 3 aromatic heterocycles. The molecule has 0 fully saturated rings. The number of aryl methyl sites for hydroxylation is 2. The number of hydrogen-bond donors (Lipinski definition) is 1. The van der Waals surface area contributed by atoms with Crippen molar-refractivity contribution in [2.75, 3.05) is 0 Å². The van der Waals surface area contributed by atoms with Gasteiger partial charge in [0.05, 0.1) is 4.88 Å². The van der Waals surface area contributed by atoms with Crippen LogP contribution in [0.3, 0.4) is 0 Å². The van der Waals surface area contributed by atoms with Crippen LogP contribution in [-0.2, 0) is 13.0 Å². The normalized spacial score (nSPS) is 10.7. The molecule has 3 heterocycles. The van der Waals surface area contributed by atoms with Gasteiger partial charge in [-0.3, -0.25) is 4.98 Å². The molecular weight excluding hydrogens is 288 g/mol. The highest BCUT2D eigenvalue weighted by atomic mass is 32.1. The molecule has 7 heteroatoms. The van der Waals surface area contributed by atoms with Crippen LogP contribution in [0.4, 0.5) is 0 Å². The molecule has 1 N–H and O–H groups in total. The Bertz CT molecular complexity index is 738. The van der Waals surface area contributed by atoms with Crippen LogP contribution < -0.4 is 0 Å². The first kappa shape index (κ1) is 13.4. The molecule has 0 unspecified atom stereocenters. The number of hydrogen-bond acceptors (Lipinski definition) is 5. The predicted octanol–water partition coefficient (Wildman–Crippen LogP) is 2.34. The average molecular weight is 300 g/mol. The molecule has 0 aliphatic heterocycles. The highest BCUT2D eigenvalue weighted by molar-refractivity contribution is 7.13. The van der Waals surface area contributed by atoms with Crippen LogP contribution in [0.25, 0.3) is 10.6 Å². The van der Waals surface area contributed by atoms with Gasteiger partial charge in [0.1, 0.15) is 5.69 Å². The van der Waals surface area contributed by atoms with Gasteiger partial charge in [0.25, 0.3) is 0 Å². The lowest BCUT2D eigenvalue weighted by Crippen LogP contribution is -2.06. The first-order valence-corrected chi connectivity index (χ1v) is 7.23. The lowest BCUT2D eigenvalue weighted by Gasteiger charge is -2.05. The molecule has 0 aliphatic rings. The fraction of sp³-hybridized carbons (Fsp3) is 0.143. The van der Waals surface area contributed by atoms with Gasteiger partial charge >= 0.3 is 5.97 Å². The third kappa shape index (κ3) is 2.82. The van der Waals surface area contributed by atoms with Crippen molar-refractivity contribution in [2.45, 2.75) is 13.0 Å². The maximum Gasteiger partial charge on any atom is 0.358 e. The van der Waals surface area contributed by atoms with E-state index in [1.807, 2.05) is 29.6 Å². The van der Waals surface area contributed by atoms with Crippen molar-refractivity contribution in [1.82, 2.24) is 20.0 Å². The number of aromatic carboxylic acids is 1. The number of carboxylic acid groups (broad SMARTS) is 1. The minimum atomic E-state index is -1.06. The third-order valence-corrected chi connectivity index (χ3v) is 3.93. The summed E-state index contributed by atoms with van der Waals surface area (Å²) in [4.78, 5) is 16.1. The van der Waals surface area contributed by atoms with Crippen LogP contribution in [0.1, 0.15) is 16.1 Å². The standard InChI is InChI=1S/C14H12N4O2S/c19-14(20)12-13(11-2-1-9-21-11)18(17-16-12)8-5-10-3-6-15-7-4-10/h1-4,6-7,9H,5,8H2,(H,19,20). The maximum absolute atomic E-state index is 11.3. The molecule has 3 rings (SSSR count).